The number of sulfonamides is 1. The van der Waals surface area contributed by atoms with Gasteiger partial charge in [0, 0.05) is 26.2 Å². The molecule has 0 aliphatic carbocycles. The van der Waals surface area contributed by atoms with Gasteiger partial charge in [-0.1, -0.05) is 6.07 Å². The first kappa shape index (κ1) is 22.1. The van der Waals surface area contributed by atoms with Gasteiger partial charge in [0.05, 0.1) is 32.0 Å². The minimum absolute atomic E-state index is 0.0443. The second-order valence-electron chi connectivity index (χ2n) is 7.27. The minimum atomic E-state index is -3.66. The van der Waals surface area contributed by atoms with Gasteiger partial charge in [-0.15, -0.1) is 0 Å². The predicted molar refractivity (Wildman–Crippen MR) is 111 cm³/mol. The molecule has 2 aromatic rings. The first-order valence-corrected chi connectivity index (χ1v) is 11.2. The van der Waals surface area contributed by atoms with Crippen LogP contribution in [0.25, 0.3) is 0 Å². The standard InChI is InChI=1S/C20H28N4O5S/c1-14-20(15(2)22-21-14)30(26,27)24-9-5-8-23(10-11-24)19(25)13-16-6-7-17(28-3)18(12-16)29-4/h6-7,12H,5,8-11,13H2,1-4H3,(H,21,22). The number of carbonyl (C=O) groups is 1. The van der Waals surface area contributed by atoms with Crippen LogP contribution in [0.1, 0.15) is 23.4 Å². The summed E-state index contributed by atoms with van der Waals surface area (Å²) >= 11 is 0. The van der Waals surface area contributed by atoms with E-state index in [9.17, 15) is 13.2 Å². The molecular formula is C20H28N4O5S. The number of benzene rings is 1. The number of H-pyrrole nitrogens is 1. The summed E-state index contributed by atoms with van der Waals surface area (Å²) in [4.78, 5) is 14.8. The average molecular weight is 437 g/mol. The molecule has 1 N–H and O–H groups in total. The molecule has 3 rings (SSSR count). The molecule has 1 fully saturated rings. The lowest BCUT2D eigenvalue weighted by Crippen LogP contribution is -2.38. The molecule has 0 unspecified atom stereocenters. The fourth-order valence-corrected chi connectivity index (χ4v) is 5.51. The normalized spacial score (nSPS) is 15.7. The van der Waals surface area contributed by atoms with Gasteiger partial charge in [-0.25, -0.2) is 8.42 Å². The van der Waals surface area contributed by atoms with Gasteiger partial charge < -0.3 is 14.4 Å². The zero-order valence-electron chi connectivity index (χ0n) is 17.8. The van der Waals surface area contributed by atoms with Crippen LogP contribution >= 0.6 is 0 Å². The molecule has 0 atom stereocenters. The lowest BCUT2D eigenvalue weighted by atomic mass is 10.1. The van der Waals surface area contributed by atoms with Crippen molar-refractivity contribution in [3.05, 3.63) is 35.2 Å². The van der Waals surface area contributed by atoms with Crippen molar-refractivity contribution in [2.75, 3.05) is 40.4 Å². The summed E-state index contributed by atoms with van der Waals surface area (Å²) in [7, 11) is -0.543. The topological polar surface area (TPSA) is 105 Å². The van der Waals surface area contributed by atoms with E-state index in [1.54, 1.807) is 45.1 Å². The van der Waals surface area contributed by atoms with Crippen molar-refractivity contribution in [2.45, 2.75) is 31.6 Å². The van der Waals surface area contributed by atoms with Gasteiger partial charge in [0.1, 0.15) is 4.90 Å². The largest absolute Gasteiger partial charge is 0.493 e. The Morgan fingerprint density at radius 3 is 2.47 bits per heavy atom. The third kappa shape index (κ3) is 4.44. The number of nitrogens with zero attached hydrogens (tertiary/aromatic N) is 3. The number of hydrogen-bond donors (Lipinski definition) is 1. The van der Waals surface area contributed by atoms with Crippen molar-refractivity contribution in [1.29, 1.82) is 0 Å². The fraction of sp³-hybridized carbons (Fsp3) is 0.500. The highest BCUT2D eigenvalue weighted by Crippen LogP contribution is 2.28. The second-order valence-corrected chi connectivity index (χ2v) is 9.14. The zero-order chi connectivity index (χ0) is 21.9. The first-order valence-electron chi connectivity index (χ1n) is 9.78. The van der Waals surface area contributed by atoms with Crippen LogP contribution in [0.5, 0.6) is 11.5 Å². The van der Waals surface area contributed by atoms with Gasteiger partial charge in [-0.3, -0.25) is 9.89 Å². The predicted octanol–water partition coefficient (Wildman–Crippen LogP) is 1.51. The molecule has 0 radical (unpaired) electrons. The maximum absolute atomic E-state index is 13.1. The zero-order valence-corrected chi connectivity index (χ0v) is 18.6. The van der Waals surface area contributed by atoms with Gasteiger partial charge in [0.15, 0.2) is 11.5 Å². The molecule has 0 bridgehead atoms. The molecule has 1 aliphatic heterocycles. The van der Waals surface area contributed by atoms with E-state index in [0.29, 0.717) is 48.9 Å². The molecule has 164 valence electrons. The summed E-state index contributed by atoms with van der Waals surface area (Å²) in [6, 6.07) is 5.39. The molecule has 1 aromatic heterocycles. The van der Waals surface area contributed by atoms with Crippen LogP contribution < -0.4 is 9.47 Å². The number of amides is 1. The number of aromatic amines is 1. The molecule has 1 aliphatic rings. The summed E-state index contributed by atoms with van der Waals surface area (Å²) in [6.07, 6.45) is 0.792. The van der Waals surface area contributed by atoms with Crippen molar-refractivity contribution in [3.63, 3.8) is 0 Å². The number of carbonyl (C=O) groups excluding carboxylic acids is 1. The van der Waals surface area contributed by atoms with Crippen molar-refractivity contribution in [3.8, 4) is 11.5 Å². The van der Waals surface area contributed by atoms with E-state index in [2.05, 4.69) is 10.2 Å². The maximum Gasteiger partial charge on any atom is 0.246 e. The number of aromatic nitrogens is 2. The van der Waals surface area contributed by atoms with Gasteiger partial charge in [0.25, 0.3) is 0 Å². The Kier molecular flexibility index (Phi) is 6.67. The van der Waals surface area contributed by atoms with Crippen LogP contribution in [-0.4, -0.2) is 74.1 Å². The average Bonchev–Trinajstić information content (AvgIpc) is 2.92. The van der Waals surface area contributed by atoms with Gasteiger partial charge in [0.2, 0.25) is 15.9 Å². The maximum atomic E-state index is 13.1. The van der Waals surface area contributed by atoms with Gasteiger partial charge >= 0.3 is 0 Å². The molecule has 1 saturated heterocycles. The SMILES string of the molecule is COc1ccc(CC(=O)N2CCCN(S(=O)(=O)c3c(C)n[nH]c3C)CC2)cc1OC. The molecule has 0 spiro atoms. The fourth-order valence-electron chi connectivity index (χ4n) is 3.71. The highest BCUT2D eigenvalue weighted by atomic mass is 32.2. The Balaban J connectivity index is 1.68. The van der Waals surface area contributed by atoms with Crippen LogP contribution in [0.2, 0.25) is 0 Å². The monoisotopic (exact) mass is 436 g/mol. The van der Waals surface area contributed by atoms with Crippen LogP contribution in [0.4, 0.5) is 0 Å². The molecule has 0 saturated carbocycles. The van der Waals surface area contributed by atoms with Crippen LogP contribution in [0.3, 0.4) is 0 Å². The third-order valence-electron chi connectivity index (χ3n) is 5.27. The van der Waals surface area contributed by atoms with Crippen molar-refractivity contribution < 1.29 is 22.7 Å². The Morgan fingerprint density at radius 1 is 1.10 bits per heavy atom. The van der Waals surface area contributed by atoms with E-state index in [-0.39, 0.29) is 23.8 Å². The van der Waals surface area contributed by atoms with Crippen LogP contribution in [-0.2, 0) is 21.2 Å². The summed E-state index contributed by atoms with van der Waals surface area (Å²) in [5, 5.41) is 6.73. The van der Waals surface area contributed by atoms with E-state index < -0.39 is 10.0 Å². The number of aryl methyl sites for hydroxylation is 2. The van der Waals surface area contributed by atoms with E-state index in [1.165, 1.54) is 4.31 Å². The highest BCUT2D eigenvalue weighted by molar-refractivity contribution is 7.89. The van der Waals surface area contributed by atoms with E-state index >= 15 is 0 Å². The summed E-state index contributed by atoms with van der Waals surface area (Å²) < 4.78 is 38.1. The Hall–Kier alpha value is -2.59. The number of ether oxygens (including phenoxy) is 2. The molecule has 1 amide bonds. The van der Waals surface area contributed by atoms with E-state index in [4.69, 9.17) is 9.47 Å². The van der Waals surface area contributed by atoms with Crippen molar-refractivity contribution >= 4 is 15.9 Å². The lowest BCUT2D eigenvalue weighted by Gasteiger charge is -2.22. The summed E-state index contributed by atoms with van der Waals surface area (Å²) in [5.74, 6) is 1.13. The van der Waals surface area contributed by atoms with E-state index in [1.807, 2.05) is 6.07 Å². The first-order chi connectivity index (χ1) is 14.3. The summed E-state index contributed by atoms with van der Waals surface area (Å²) in [5.41, 5.74) is 1.80. The molecule has 30 heavy (non-hydrogen) atoms. The van der Waals surface area contributed by atoms with Crippen LogP contribution in [0.15, 0.2) is 23.1 Å². The Bertz CT molecular complexity index is 999. The van der Waals surface area contributed by atoms with Crippen molar-refractivity contribution in [2.24, 2.45) is 0 Å². The number of rotatable bonds is 6. The quantitative estimate of drug-likeness (QED) is 0.736. The Morgan fingerprint density at radius 2 is 1.83 bits per heavy atom. The molecular weight excluding hydrogens is 408 g/mol. The number of hydrogen-bond acceptors (Lipinski definition) is 6. The summed E-state index contributed by atoms with van der Waals surface area (Å²) in [6.45, 7) is 4.86. The lowest BCUT2D eigenvalue weighted by molar-refractivity contribution is -0.130. The molecule has 9 nitrogen and oxygen atoms in total. The smallest absolute Gasteiger partial charge is 0.246 e. The molecule has 10 heteroatoms. The van der Waals surface area contributed by atoms with E-state index in [0.717, 1.165) is 5.56 Å². The van der Waals surface area contributed by atoms with Crippen molar-refractivity contribution in [1.82, 2.24) is 19.4 Å². The minimum Gasteiger partial charge on any atom is -0.493 e. The van der Waals surface area contributed by atoms with Gasteiger partial charge in [-0.2, -0.15) is 9.40 Å². The van der Waals surface area contributed by atoms with Crippen LogP contribution in [0, 0.1) is 13.8 Å². The Labute approximate surface area is 177 Å². The second kappa shape index (κ2) is 9.05. The highest BCUT2D eigenvalue weighted by Gasteiger charge is 2.31. The molecule has 1 aromatic carbocycles. The van der Waals surface area contributed by atoms with Gasteiger partial charge in [-0.05, 0) is 38.0 Å². The third-order valence-corrected chi connectivity index (χ3v) is 7.43. The number of methoxy groups -OCH3 is 2. The molecule has 2 heterocycles. The number of nitrogens with one attached hydrogen (secondary N) is 1.